The zero-order valence-electron chi connectivity index (χ0n) is 20.5. The molecule has 6 nitrogen and oxygen atoms in total. The Morgan fingerprint density at radius 2 is 1.57 bits per heavy atom. The van der Waals surface area contributed by atoms with Gasteiger partial charge in [-0.2, -0.15) is 0 Å². The van der Waals surface area contributed by atoms with Crippen LogP contribution in [-0.4, -0.2) is 18.7 Å². The number of hydrogen-bond acceptors (Lipinski definition) is 6. The number of rotatable bonds is 8. The van der Waals surface area contributed by atoms with Crippen LogP contribution in [0, 0.1) is 0 Å². The first-order chi connectivity index (χ1) is 18.0. The van der Waals surface area contributed by atoms with Gasteiger partial charge < -0.3 is 9.47 Å². The highest BCUT2D eigenvalue weighted by atomic mass is 79.9. The molecule has 0 aromatic heterocycles. The molecule has 7 heteroatoms. The zero-order chi connectivity index (χ0) is 25.8. The van der Waals surface area contributed by atoms with E-state index in [0.717, 1.165) is 32.7 Å². The molecule has 1 aliphatic rings. The van der Waals surface area contributed by atoms with E-state index < -0.39 is 6.17 Å². The van der Waals surface area contributed by atoms with Gasteiger partial charge in [0.1, 0.15) is 18.1 Å². The second kappa shape index (κ2) is 10.9. The summed E-state index contributed by atoms with van der Waals surface area (Å²) in [5, 5.41) is 6.70. The van der Waals surface area contributed by atoms with Crippen molar-refractivity contribution in [2.75, 3.05) is 17.0 Å². The highest BCUT2D eigenvalue weighted by molar-refractivity contribution is 9.10. The number of nitrogens with zero attached hydrogens (tertiary/aromatic N) is 3. The quantitative estimate of drug-likeness (QED) is 0.235. The molecule has 4 aromatic carbocycles. The number of hydrogen-bond donors (Lipinski definition) is 0. The SMILES string of the molecule is COc1ccc(N2C(C(C)=O)=NN(c3ccccc3)[C@H]2c2cc(Br)ccc2OCc2ccccc2)cc1. The summed E-state index contributed by atoms with van der Waals surface area (Å²) in [6.07, 6.45) is -0.474. The van der Waals surface area contributed by atoms with Gasteiger partial charge in [-0.1, -0.05) is 64.5 Å². The smallest absolute Gasteiger partial charge is 0.198 e. The second-order valence-corrected chi connectivity index (χ2v) is 9.47. The zero-order valence-corrected chi connectivity index (χ0v) is 22.1. The maximum atomic E-state index is 12.9. The molecule has 0 radical (unpaired) electrons. The summed E-state index contributed by atoms with van der Waals surface area (Å²) in [5.74, 6) is 1.64. The van der Waals surface area contributed by atoms with Crippen LogP contribution in [0.5, 0.6) is 11.5 Å². The van der Waals surface area contributed by atoms with Crippen LogP contribution in [0.3, 0.4) is 0 Å². The topological polar surface area (TPSA) is 54.4 Å². The van der Waals surface area contributed by atoms with Crippen molar-refractivity contribution in [1.82, 2.24) is 0 Å². The molecular formula is C30H26BrN3O3. The lowest BCUT2D eigenvalue weighted by atomic mass is 10.1. The van der Waals surface area contributed by atoms with Crippen LogP contribution in [0.15, 0.2) is 113 Å². The molecule has 1 aliphatic heterocycles. The van der Waals surface area contributed by atoms with Gasteiger partial charge >= 0.3 is 0 Å². The van der Waals surface area contributed by atoms with Crippen LogP contribution in [0.4, 0.5) is 11.4 Å². The van der Waals surface area contributed by atoms with E-state index in [4.69, 9.17) is 14.6 Å². The number of carbonyl (C=O) groups excluding carboxylic acids is 1. The lowest BCUT2D eigenvalue weighted by Crippen LogP contribution is -2.38. The number of para-hydroxylation sites is 1. The fourth-order valence-corrected chi connectivity index (χ4v) is 4.69. The number of amidine groups is 1. The fourth-order valence-electron chi connectivity index (χ4n) is 4.31. The molecule has 0 saturated heterocycles. The summed E-state index contributed by atoms with van der Waals surface area (Å²) in [6.45, 7) is 1.95. The second-order valence-electron chi connectivity index (χ2n) is 8.56. The summed E-state index contributed by atoms with van der Waals surface area (Å²) in [5.41, 5.74) is 3.60. The predicted molar refractivity (Wildman–Crippen MR) is 150 cm³/mol. The molecule has 1 atom stereocenters. The van der Waals surface area contributed by atoms with Crippen molar-refractivity contribution in [2.24, 2.45) is 5.10 Å². The van der Waals surface area contributed by atoms with Gasteiger partial charge in [-0.05, 0) is 60.2 Å². The highest BCUT2D eigenvalue weighted by Gasteiger charge is 2.40. The monoisotopic (exact) mass is 555 g/mol. The number of ketones is 1. The Kier molecular flexibility index (Phi) is 7.23. The Bertz CT molecular complexity index is 1410. The van der Waals surface area contributed by atoms with Gasteiger partial charge in [0.15, 0.2) is 17.8 Å². The van der Waals surface area contributed by atoms with Crippen LogP contribution in [0.1, 0.15) is 24.2 Å². The van der Waals surface area contributed by atoms with Crippen molar-refractivity contribution in [3.8, 4) is 11.5 Å². The average molecular weight is 556 g/mol. The van der Waals surface area contributed by atoms with Gasteiger partial charge in [0, 0.05) is 22.6 Å². The maximum absolute atomic E-state index is 12.9. The standard InChI is InChI=1S/C30H26BrN3O3/c1-21(35)29-32-34(25-11-7-4-8-12-25)30(33(29)24-14-16-26(36-2)17-15-24)27-19-23(31)13-18-28(27)37-20-22-9-5-3-6-10-22/h3-19,30H,20H2,1-2H3/t30-/m0/s1. The van der Waals surface area contributed by atoms with Gasteiger partial charge in [-0.25, -0.2) is 5.01 Å². The number of carbonyl (C=O) groups is 1. The first kappa shape index (κ1) is 24.6. The van der Waals surface area contributed by atoms with E-state index in [2.05, 4.69) is 15.9 Å². The van der Waals surface area contributed by atoms with Gasteiger partial charge in [0.05, 0.1) is 12.8 Å². The Morgan fingerprint density at radius 3 is 2.22 bits per heavy atom. The molecule has 0 N–H and O–H groups in total. The van der Waals surface area contributed by atoms with Crippen molar-refractivity contribution >= 4 is 38.9 Å². The van der Waals surface area contributed by atoms with E-state index in [1.165, 1.54) is 6.92 Å². The molecule has 4 aromatic rings. The third-order valence-electron chi connectivity index (χ3n) is 6.08. The fraction of sp³-hybridized carbons (Fsp3) is 0.133. The Hall–Kier alpha value is -4.10. The van der Waals surface area contributed by atoms with Gasteiger partial charge in [-0.3, -0.25) is 9.69 Å². The molecule has 0 saturated carbocycles. The largest absolute Gasteiger partial charge is 0.497 e. The number of halogens is 1. The molecule has 0 fully saturated rings. The Morgan fingerprint density at radius 1 is 0.892 bits per heavy atom. The molecule has 5 rings (SSSR count). The predicted octanol–water partition coefficient (Wildman–Crippen LogP) is 6.96. The van der Waals surface area contributed by atoms with Gasteiger partial charge in [-0.15, -0.1) is 5.10 Å². The Balaban J connectivity index is 1.64. The molecular weight excluding hydrogens is 530 g/mol. The molecule has 0 spiro atoms. The minimum atomic E-state index is -0.474. The van der Waals surface area contributed by atoms with Crippen LogP contribution in [0.2, 0.25) is 0 Å². The molecule has 0 amide bonds. The number of anilines is 2. The number of methoxy groups -OCH3 is 1. The van der Waals surface area contributed by atoms with Crippen molar-refractivity contribution in [3.63, 3.8) is 0 Å². The molecule has 37 heavy (non-hydrogen) atoms. The third-order valence-corrected chi connectivity index (χ3v) is 6.57. The first-order valence-corrected chi connectivity index (χ1v) is 12.7. The molecule has 0 unspecified atom stereocenters. The number of Topliss-reactive ketones (excluding diaryl/α,β-unsaturated/α-hetero) is 1. The molecule has 0 aliphatic carbocycles. The summed E-state index contributed by atoms with van der Waals surface area (Å²) >= 11 is 3.64. The number of ether oxygens (including phenoxy) is 2. The summed E-state index contributed by atoms with van der Waals surface area (Å²) in [7, 11) is 1.63. The van der Waals surface area contributed by atoms with E-state index in [9.17, 15) is 4.79 Å². The van der Waals surface area contributed by atoms with E-state index in [0.29, 0.717) is 18.2 Å². The van der Waals surface area contributed by atoms with E-state index in [-0.39, 0.29) is 5.78 Å². The highest BCUT2D eigenvalue weighted by Crippen LogP contribution is 2.43. The van der Waals surface area contributed by atoms with Crippen LogP contribution < -0.4 is 19.4 Å². The maximum Gasteiger partial charge on any atom is 0.198 e. The van der Waals surface area contributed by atoms with Crippen molar-refractivity contribution in [3.05, 3.63) is 119 Å². The van der Waals surface area contributed by atoms with E-state index >= 15 is 0 Å². The van der Waals surface area contributed by atoms with Crippen molar-refractivity contribution in [1.29, 1.82) is 0 Å². The van der Waals surface area contributed by atoms with Crippen LogP contribution in [-0.2, 0) is 11.4 Å². The normalized spacial score (nSPS) is 14.9. The van der Waals surface area contributed by atoms with E-state index in [1.54, 1.807) is 7.11 Å². The summed E-state index contributed by atoms with van der Waals surface area (Å²) in [4.78, 5) is 14.9. The Labute approximate surface area is 224 Å². The van der Waals surface area contributed by atoms with Crippen molar-refractivity contribution in [2.45, 2.75) is 19.7 Å². The lowest BCUT2D eigenvalue weighted by Gasteiger charge is -2.33. The first-order valence-electron chi connectivity index (χ1n) is 11.9. The minimum Gasteiger partial charge on any atom is -0.497 e. The van der Waals surface area contributed by atoms with Crippen molar-refractivity contribution < 1.29 is 14.3 Å². The third kappa shape index (κ3) is 5.22. The molecule has 186 valence electrons. The van der Waals surface area contributed by atoms with Crippen LogP contribution >= 0.6 is 15.9 Å². The van der Waals surface area contributed by atoms with E-state index in [1.807, 2.05) is 113 Å². The average Bonchev–Trinajstić information content (AvgIpc) is 3.34. The number of benzene rings is 4. The molecule has 0 bridgehead atoms. The molecule has 1 heterocycles. The van der Waals surface area contributed by atoms with Gasteiger partial charge in [0.25, 0.3) is 0 Å². The number of hydrazone groups is 1. The minimum absolute atomic E-state index is 0.138. The lowest BCUT2D eigenvalue weighted by molar-refractivity contribution is -0.111. The van der Waals surface area contributed by atoms with Crippen LogP contribution in [0.25, 0.3) is 0 Å². The summed E-state index contributed by atoms with van der Waals surface area (Å²) in [6, 6.07) is 33.4. The summed E-state index contributed by atoms with van der Waals surface area (Å²) < 4.78 is 12.6. The van der Waals surface area contributed by atoms with Gasteiger partial charge in [0.2, 0.25) is 0 Å².